The van der Waals surface area contributed by atoms with Gasteiger partial charge in [0.15, 0.2) is 0 Å². The molecule has 4 nitrogen and oxygen atoms in total. The van der Waals surface area contributed by atoms with Crippen molar-refractivity contribution in [3.63, 3.8) is 0 Å². The molecular weight excluding hydrogens is 166 g/mol. The van der Waals surface area contributed by atoms with E-state index in [4.69, 9.17) is 10.5 Å². The maximum absolute atomic E-state index is 6.24. The van der Waals surface area contributed by atoms with Crippen LogP contribution in [-0.2, 0) is 17.3 Å². The topological polar surface area (TPSA) is 53.1 Å². The molecule has 0 radical (unpaired) electrons. The van der Waals surface area contributed by atoms with Crippen molar-refractivity contribution in [1.82, 2.24) is 9.78 Å². The minimum absolute atomic E-state index is 0.264. The van der Waals surface area contributed by atoms with Gasteiger partial charge in [-0.15, -0.1) is 0 Å². The van der Waals surface area contributed by atoms with Gasteiger partial charge in [-0.3, -0.25) is 4.68 Å². The molecule has 1 aromatic rings. The van der Waals surface area contributed by atoms with Gasteiger partial charge < -0.3 is 10.5 Å². The molecule has 1 saturated heterocycles. The Hall–Kier alpha value is -0.870. The van der Waals surface area contributed by atoms with Crippen molar-refractivity contribution in [3.8, 4) is 0 Å². The molecule has 2 N–H and O–H groups in total. The molecule has 0 aromatic carbocycles. The second-order valence-corrected chi connectivity index (χ2v) is 3.64. The van der Waals surface area contributed by atoms with Crippen molar-refractivity contribution in [2.45, 2.75) is 18.4 Å². The summed E-state index contributed by atoms with van der Waals surface area (Å²) >= 11 is 0. The standard InChI is InChI=1S/C9H15N3O/c1-12-5-2-8(11-12)9(10)3-6-13-7-4-9/h2,5H,3-4,6-7,10H2,1H3. The summed E-state index contributed by atoms with van der Waals surface area (Å²) in [4.78, 5) is 0. The lowest BCUT2D eigenvalue weighted by Crippen LogP contribution is -2.42. The van der Waals surface area contributed by atoms with E-state index in [9.17, 15) is 0 Å². The lowest BCUT2D eigenvalue weighted by molar-refractivity contribution is 0.0506. The van der Waals surface area contributed by atoms with Crippen LogP contribution in [0.25, 0.3) is 0 Å². The number of nitrogens with zero attached hydrogens (tertiary/aromatic N) is 2. The largest absolute Gasteiger partial charge is 0.381 e. The van der Waals surface area contributed by atoms with E-state index >= 15 is 0 Å². The summed E-state index contributed by atoms with van der Waals surface area (Å²) in [6, 6.07) is 1.99. The van der Waals surface area contributed by atoms with Crippen LogP contribution in [0.1, 0.15) is 18.5 Å². The lowest BCUT2D eigenvalue weighted by atomic mass is 9.88. The summed E-state index contributed by atoms with van der Waals surface area (Å²) in [7, 11) is 1.91. The minimum Gasteiger partial charge on any atom is -0.381 e. The van der Waals surface area contributed by atoms with Crippen LogP contribution in [0.3, 0.4) is 0 Å². The van der Waals surface area contributed by atoms with Gasteiger partial charge in [-0.25, -0.2) is 0 Å². The van der Waals surface area contributed by atoms with Crippen LogP contribution in [-0.4, -0.2) is 23.0 Å². The van der Waals surface area contributed by atoms with Crippen molar-refractivity contribution in [1.29, 1.82) is 0 Å². The first-order valence-corrected chi connectivity index (χ1v) is 4.57. The van der Waals surface area contributed by atoms with Crippen LogP contribution < -0.4 is 5.73 Å². The predicted octanol–water partition coefficient (Wildman–Crippen LogP) is 0.384. The highest BCUT2D eigenvalue weighted by Crippen LogP contribution is 2.27. The Kier molecular flexibility index (Phi) is 2.09. The van der Waals surface area contributed by atoms with Crippen molar-refractivity contribution in [3.05, 3.63) is 18.0 Å². The number of nitrogens with two attached hydrogens (primary N) is 1. The van der Waals surface area contributed by atoms with Crippen molar-refractivity contribution in [2.24, 2.45) is 12.8 Å². The van der Waals surface area contributed by atoms with Gasteiger partial charge in [-0.1, -0.05) is 0 Å². The van der Waals surface area contributed by atoms with E-state index in [0.717, 1.165) is 31.7 Å². The van der Waals surface area contributed by atoms with Crippen molar-refractivity contribution in [2.75, 3.05) is 13.2 Å². The maximum Gasteiger partial charge on any atom is 0.0824 e. The van der Waals surface area contributed by atoms with E-state index in [1.807, 2.05) is 19.3 Å². The van der Waals surface area contributed by atoms with Crippen LogP contribution in [0.2, 0.25) is 0 Å². The second kappa shape index (κ2) is 3.12. The Morgan fingerprint density at radius 3 is 2.77 bits per heavy atom. The number of aryl methyl sites for hydroxylation is 1. The van der Waals surface area contributed by atoms with E-state index in [0.29, 0.717) is 0 Å². The monoisotopic (exact) mass is 181 g/mol. The van der Waals surface area contributed by atoms with Crippen LogP contribution in [0.15, 0.2) is 12.3 Å². The molecule has 0 saturated carbocycles. The third-order valence-electron chi connectivity index (χ3n) is 2.61. The molecule has 0 bridgehead atoms. The highest BCUT2D eigenvalue weighted by atomic mass is 16.5. The Labute approximate surface area is 77.7 Å². The smallest absolute Gasteiger partial charge is 0.0824 e. The maximum atomic E-state index is 6.24. The van der Waals surface area contributed by atoms with Gasteiger partial charge in [0.25, 0.3) is 0 Å². The van der Waals surface area contributed by atoms with E-state index in [2.05, 4.69) is 5.10 Å². The van der Waals surface area contributed by atoms with Crippen LogP contribution >= 0.6 is 0 Å². The molecule has 2 heterocycles. The molecular formula is C9H15N3O. The summed E-state index contributed by atoms with van der Waals surface area (Å²) in [6.45, 7) is 1.49. The average molecular weight is 181 g/mol. The molecule has 0 aliphatic carbocycles. The fraction of sp³-hybridized carbons (Fsp3) is 0.667. The number of aromatic nitrogens is 2. The first kappa shape index (κ1) is 8.72. The second-order valence-electron chi connectivity index (χ2n) is 3.64. The van der Waals surface area contributed by atoms with Crippen molar-refractivity contribution < 1.29 is 4.74 Å². The Morgan fingerprint density at radius 2 is 2.23 bits per heavy atom. The first-order valence-electron chi connectivity index (χ1n) is 4.57. The van der Waals surface area contributed by atoms with Gasteiger partial charge in [0.2, 0.25) is 0 Å². The Balaban J connectivity index is 2.22. The summed E-state index contributed by atoms with van der Waals surface area (Å²) in [6.07, 6.45) is 3.66. The van der Waals surface area contributed by atoms with Crippen LogP contribution in [0.4, 0.5) is 0 Å². The van der Waals surface area contributed by atoms with E-state index in [1.54, 1.807) is 4.68 Å². The van der Waals surface area contributed by atoms with Gasteiger partial charge in [0.1, 0.15) is 0 Å². The SMILES string of the molecule is Cn1ccc(C2(N)CCOCC2)n1. The zero-order valence-electron chi connectivity index (χ0n) is 7.86. The van der Waals surface area contributed by atoms with Gasteiger partial charge in [0.05, 0.1) is 11.2 Å². The lowest BCUT2D eigenvalue weighted by Gasteiger charge is -2.31. The highest BCUT2D eigenvalue weighted by Gasteiger charge is 2.31. The number of hydrogen-bond donors (Lipinski definition) is 1. The van der Waals surface area contributed by atoms with Crippen LogP contribution in [0, 0.1) is 0 Å². The molecule has 1 aromatic heterocycles. The minimum atomic E-state index is -0.264. The number of rotatable bonds is 1. The summed E-state index contributed by atoms with van der Waals surface area (Å²) in [5.74, 6) is 0. The number of ether oxygens (including phenoxy) is 1. The third kappa shape index (κ3) is 1.59. The van der Waals surface area contributed by atoms with E-state index in [-0.39, 0.29) is 5.54 Å². The molecule has 0 spiro atoms. The molecule has 4 heteroatoms. The van der Waals surface area contributed by atoms with Gasteiger partial charge in [-0.2, -0.15) is 5.10 Å². The summed E-state index contributed by atoms with van der Waals surface area (Å²) in [5, 5.41) is 4.34. The van der Waals surface area contributed by atoms with Crippen LogP contribution in [0.5, 0.6) is 0 Å². The fourth-order valence-corrected chi connectivity index (χ4v) is 1.67. The van der Waals surface area contributed by atoms with Gasteiger partial charge in [-0.05, 0) is 18.9 Å². The third-order valence-corrected chi connectivity index (χ3v) is 2.61. The molecule has 1 fully saturated rings. The summed E-state index contributed by atoms with van der Waals surface area (Å²) in [5.41, 5.74) is 6.96. The fourth-order valence-electron chi connectivity index (χ4n) is 1.67. The zero-order chi connectivity index (χ0) is 9.31. The highest BCUT2D eigenvalue weighted by molar-refractivity contribution is 5.13. The van der Waals surface area contributed by atoms with Gasteiger partial charge in [0, 0.05) is 26.5 Å². The molecule has 13 heavy (non-hydrogen) atoms. The molecule has 2 rings (SSSR count). The normalized spacial score (nSPS) is 21.7. The molecule has 0 unspecified atom stereocenters. The molecule has 1 aliphatic heterocycles. The Morgan fingerprint density at radius 1 is 1.54 bits per heavy atom. The predicted molar refractivity (Wildman–Crippen MR) is 49.1 cm³/mol. The average Bonchev–Trinajstić information content (AvgIpc) is 2.54. The van der Waals surface area contributed by atoms with Crippen molar-refractivity contribution >= 4 is 0 Å². The Bertz CT molecular complexity index is 289. The molecule has 0 amide bonds. The molecule has 72 valence electrons. The van der Waals surface area contributed by atoms with Gasteiger partial charge >= 0.3 is 0 Å². The first-order chi connectivity index (χ1) is 6.21. The zero-order valence-corrected chi connectivity index (χ0v) is 7.86. The van der Waals surface area contributed by atoms with E-state index < -0.39 is 0 Å². The number of hydrogen-bond acceptors (Lipinski definition) is 3. The quantitative estimate of drug-likeness (QED) is 0.681. The molecule has 1 aliphatic rings. The molecule has 0 atom stereocenters. The summed E-state index contributed by atoms with van der Waals surface area (Å²) < 4.78 is 7.07. The van der Waals surface area contributed by atoms with E-state index in [1.165, 1.54) is 0 Å².